The Morgan fingerprint density at radius 2 is 1.04 bits per heavy atom. The first-order valence-corrected chi connectivity index (χ1v) is 13.8. The van der Waals surface area contributed by atoms with Crippen molar-refractivity contribution in [3.05, 3.63) is 112 Å². The van der Waals surface area contributed by atoms with Crippen molar-refractivity contribution in [1.82, 2.24) is 4.90 Å². The smallest absolute Gasteiger partial charge is 0.411 e. The average Bonchev–Trinajstić information content (AvgIpc) is 3.37. The lowest BCUT2D eigenvalue weighted by molar-refractivity contribution is -0.288. The molecular weight excluding hydrogens is 650 g/mol. The third-order valence-electron chi connectivity index (χ3n) is 8.30. The van der Waals surface area contributed by atoms with Gasteiger partial charge in [0.1, 0.15) is 23.0 Å². The molecule has 0 radical (unpaired) electrons. The van der Waals surface area contributed by atoms with Gasteiger partial charge in [-0.3, -0.25) is 24.1 Å². The topological polar surface area (TPSA) is 124 Å². The number of halogens is 6. The number of aromatic hydroxyl groups is 2. The van der Waals surface area contributed by atoms with Gasteiger partial charge < -0.3 is 14.9 Å². The van der Waals surface area contributed by atoms with Gasteiger partial charge in [-0.25, -0.2) is 4.90 Å². The van der Waals surface area contributed by atoms with Crippen molar-refractivity contribution in [2.45, 2.75) is 24.7 Å². The van der Waals surface area contributed by atoms with E-state index in [4.69, 9.17) is 4.74 Å². The van der Waals surface area contributed by atoms with E-state index in [-0.39, 0.29) is 45.4 Å². The second-order valence-electron chi connectivity index (χ2n) is 11.1. The Hall–Kier alpha value is -5.86. The van der Waals surface area contributed by atoms with Crippen molar-refractivity contribution in [2.24, 2.45) is 0 Å². The van der Waals surface area contributed by atoms with Crippen LogP contribution in [0.2, 0.25) is 0 Å². The number of rotatable bonds is 5. The fourth-order valence-electron chi connectivity index (χ4n) is 5.81. The van der Waals surface area contributed by atoms with Gasteiger partial charge in [-0.15, -0.1) is 0 Å². The zero-order valence-electron chi connectivity index (χ0n) is 24.5. The number of hydrogen-bond acceptors (Lipinski definition) is 7. The number of phenols is 2. The van der Waals surface area contributed by atoms with E-state index < -0.39 is 69.7 Å². The molecule has 0 atom stereocenters. The summed E-state index contributed by atoms with van der Waals surface area (Å²) in [5.41, 5.74) is -8.49. The van der Waals surface area contributed by atoms with Crippen LogP contribution in [0.5, 0.6) is 23.0 Å². The van der Waals surface area contributed by atoms with Crippen LogP contribution in [0.25, 0.3) is 0 Å². The van der Waals surface area contributed by atoms with Crippen molar-refractivity contribution in [3.63, 3.8) is 0 Å². The SMILES string of the molecule is Cc1ccc(C(c2ccc(N3C(=O)c4ccc(Oc5ccc6c(c5)C(=O)N(C)C6=O)cc4C3=O)c(O)c2)(C(F)(F)F)C(F)(F)F)cc1O. The molecule has 0 saturated carbocycles. The maximum absolute atomic E-state index is 14.6. The van der Waals surface area contributed by atoms with Gasteiger partial charge in [-0.2, -0.15) is 26.3 Å². The van der Waals surface area contributed by atoms with E-state index in [9.17, 15) is 55.7 Å². The highest BCUT2D eigenvalue weighted by Crippen LogP contribution is 2.57. The molecule has 4 amide bonds. The van der Waals surface area contributed by atoms with Crippen LogP contribution >= 0.6 is 0 Å². The van der Waals surface area contributed by atoms with Gasteiger partial charge >= 0.3 is 12.4 Å². The molecule has 15 heteroatoms. The highest BCUT2D eigenvalue weighted by atomic mass is 19.4. The van der Waals surface area contributed by atoms with Crippen molar-refractivity contribution >= 4 is 29.3 Å². The average molecular weight is 671 g/mol. The molecule has 246 valence electrons. The maximum Gasteiger partial charge on any atom is 0.411 e. The lowest BCUT2D eigenvalue weighted by Gasteiger charge is -2.38. The zero-order valence-corrected chi connectivity index (χ0v) is 24.5. The Balaban J connectivity index is 1.36. The first-order valence-electron chi connectivity index (χ1n) is 13.8. The summed E-state index contributed by atoms with van der Waals surface area (Å²) >= 11 is 0. The standard InChI is InChI=1S/C33H20F6N2O7/c1-15-3-4-16(11-25(15)42)31(32(34,35)36,33(37,38)39)17-5-10-24(26(43)12-17)41-29(46)21-9-7-19(14-23(21)30(41)47)48-18-6-8-20-22(13-18)28(45)40(2)27(20)44/h3-14,42-43H,1-2H3. The number of ether oxygens (including phenoxy) is 1. The van der Waals surface area contributed by atoms with Gasteiger partial charge in [-0.1, -0.05) is 18.2 Å². The summed E-state index contributed by atoms with van der Waals surface area (Å²) < 4.78 is 93.2. The van der Waals surface area contributed by atoms with Crippen LogP contribution in [0.1, 0.15) is 58.1 Å². The third kappa shape index (κ3) is 4.56. The van der Waals surface area contributed by atoms with E-state index in [1.165, 1.54) is 44.3 Å². The number of imide groups is 2. The molecule has 2 aliphatic rings. The summed E-state index contributed by atoms with van der Waals surface area (Å²) in [7, 11) is 1.31. The molecule has 0 unspecified atom stereocenters. The zero-order chi connectivity index (χ0) is 35.1. The number of aryl methyl sites for hydroxylation is 1. The monoisotopic (exact) mass is 670 g/mol. The van der Waals surface area contributed by atoms with Gasteiger partial charge in [0.05, 0.1) is 27.9 Å². The van der Waals surface area contributed by atoms with Crippen LogP contribution in [0, 0.1) is 6.92 Å². The van der Waals surface area contributed by atoms with Crippen LogP contribution in [-0.2, 0) is 5.41 Å². The molecule has 4 aromatic carbocycles. The molecule has 0 spiro atoms. The molecule has 0 aromatic heterocycles. The number of alkyl halides is 6. The number of amides is 4. The minimum atomic E-state index is -6.04. The highest BCUT2D eigenvalue weighted by molar-refractivity contribution is 6.35. The van der Waals surface area contributed by atoms with Gasteiger partial charge in [0.25, 0.3) is 23.6 Å². The Morgan fingerprint density at radius 3 is 1.56 bits per heavy atom. The molecule has 0 saturated heterocycles. The van der Waals surface area contributed by atoms with Crippen LogP contribution in [-0.4, -0.2) is 58.1 Å². The van der Waals surface area contributed by atoms with E-state index in [0.29, 0.717) is 29.2 Å². The quantitative estimate of drug-likeness (QED) is 0.180. The summed E-state index contributed by atoms with van der Waals surface area (Å²) in [5.74, 6) is -5.12. The molecule has 4 aromatic rings. The summed E-state index contributed by atoms with van der Waals surface area (Å²) in [6.45, 7) is 1.27. The molecule has 2 heterocycles. The van der Waals surface area contributed by atoms with Gasteiger partial charge in [-0.05, 0) is 78.2 Å². The predicted molar refractivity (Wildman–Crippen MR) is 154 cm³/mol. The van der Waals surface area contributed by atoms with Crippen molar-refractivity contribution < 1.29 is 60.5 Å². The summed E-state index contributed by atoms with van der Waals surface area (Å²) in [5, 5.41) is 20.8. The normalized spacial score (nSPS) is 14.9. The number of phenolic OH excluding ortho intramolecular Hbond substituents is 2. The van der Waals surface area contributed by atoms with Crippen molar-refractivity contribution in [3.8, 4) is 23.0 Å². The van der Waals surface area contributed by atoms with Crippen molar-refractivity contribution in [2.75, 3.05) is 11.9 Å². The maximum atomic E-state index is 14.6. The molecule has 0 fully saturated rings. The van der Waals surface area contributed by atoms with E-state index in [1.807, 2.05) is 0 Å². The van der Waals surface area contributed by atoms with Gasteiger partial charge in [0.2, 0.25) is 5.41 Å². The van der Waals surface area contributed by atoms with Crippen LogP contribution in [0.3, 0.4) is 0 Å². The first kappa shape index (κ1) is 32.1. The fraction of sp³-hybridized carbons (Fsp3) is 0.152. The number of carbonyl (C=O) groups is 4. The van der Waals surface area contributed by atoms with Crippen LogP contribution in [0.4, 0.5) is 32.0 Å². The van der Waals surface area contributed by atoms with E-state index in [1.54, 1.807) is 0 Å². The highest BCUT2D eigenvalue weighted by Gasteiger charge is 2.72. The Labute approximate surface area is 266 Å². The number of hydrogen-bond donors (Lipinski definition) is 2. The number of nitrogens with zero attached hydrogens (tertiary/aromatic N) is 2. The minimum absolute atomic E-state index is 0.00267. The Kier molecular flexibility index (Phi) is 7.08. The van der Waals surface area contributed by atoms with E-state index in [2.05, 4.69) is 0 Å². The second kappa shape index (κ2) is 10.6. The van der Waals surface area contributed by atoms with Crippen molar-refractivity contribution in [1.29, 1.82) is 0 Å². The van der Waals surface area contributed by atoms with Gasteiger partial charge in [0, 0.05) is 7.05 Å². The molecule has 0 bridgehead atoms. The lowest BCUT2D eigenvalue weighted by atomic mass is 9.72. The van der Waals surface area contributed by atoms with Gasteiger partial charge in [0.15, 0.2) is 0 Å². The van der Waals surface area contributed by atoms with E-state index in [0.717, 1.165) is 17.0 Å². The molecule has 0 aliphatic carbocycles. The fourth-order valence-corrected chi connectivity index (χ4v) is 5.81. The molecular formula is C33H20F6N2O7. The summed E-state index contributed by atoms with van der Waals surface area (Å²) in [4.78, 5) is 52.4. The van der Waals surface area contributed by atoms with E-state index >= 15 is 0 Å². The minimum Gasteiger partial charge on any atom is -0.508 e. The second-order valence-corrected chi connectivity index (χ2v) is 11.1. The number of fused-ring (bicyclic) bond motifs is 2. The first-order chi connectivity index (χ1) is 22.4. The number of benzene rings is 4. The largest absolute Gasteiger partial charge is 0.508 e. The molecule has 48 heavy (non-hydrogen) atoms. The number of anilines is 1. The Bertz CT molecular complexity index is 2080. The molecule has 2 N–H and O–H groups in total. The molecule has 2 aliphatic heterocycles. The lowest BCUT2D eigenvalue weighted by Crippen LogP contribution is -2.54. The van der Waals surface area contributed by atoms with Crippen LogP contribution < -0.4 is 9.64 Å². The third-order valence-corrected chi connectivity index (χ3v) is 8.30. The Morgan fingerprint density at radius 1 is 0.583 bits per heavy atom. The molecule has 6 rings (SSSR count). The van der Waals surface area contributed by atoms with Crippen LogP contribution in [0.15, 0.2) is 72.8 Å². The summed E-state index contributed by atoms with van der Waals surface area (Å²) in [6, 6.07) is 10.6. The number of carbonyl (C=O) groups excluding carboxylic acids is 4. The molecule has 9 nitrogen and oxygen atoms in total. The predicted octanol–water partition coefficient (Wildman–Crippen LogP) is 6.64. The summed E-state index contributed by atoms with van der Waals surface area (Å²) in [6.07, 6.45) is -12.1.